The largest absolute Gasteiger partial charge is 0.393 e. The highest BCUT2D eigenvalue weighted by atomic mass is 32.2. The van der Waals surface area contributed by atoms with E-state index in [9.17, 15) is 13.5 Å². The van der Waals surface area contributed by atoms with Crippen LogP contribution in [0.3, 0.4) is 0 Å². The minimum Gasteiger partial charge on any atom is -0.393 e. The first-order valence-electron chi connectivity index (χ1n) is 6.56. The van der Waals surface area contributed by atoms with E-state index in [0.717, 1.165) is 25.7 Å². The molecule has 0 aromatic heterocycles. The van der Waals surface area contributed by atoms with Gasteiger partial charge in [0.25, 0.3) is 10.1 Å². The lowest BCUT2D eigenvalue weighted by molar-refractivity contribution is 0.147. The van der Waals surface area contributed by atoms with Crippen LogP contribution >= 0.6 is 0 Å². The minimum atomic E-state index is -3.92. The van der Waals surface area contributed by atoms with Gasteiger partial charge >= 0.3 is 0 Å². The molecule has 0 rings (SSSR count). The first-order valence-corrected chi connectivity index (χ1v) is 8.06. The molecule has 2 N–H and O–H groups in total. The van der Waals surface area contributed by atoms with Crippen LogP contribution in [0.5, 0.6) is 0 Å². The number of unbranched alkanes of at least 4 members (excludes halogenated alkanes) is 2. The molecule has 0 radical (unpaired) electrons. The van der Waals surface area contributed by atoms with Crippen LogP contribution in [0, 0.1) is 0 Å². The Morgan fingerprint density at radius 3 is 2.06 bits per heavy atom. The molecule has 2 atom stereocenters. The molecule has 0 aliphatic heterocycles. The zero-order valence-corrected chi connectivity index (χ0v) is 11.7. The lowest BCUT2D eigenvalue weighted by atomic mass is 10.0. The van der Waals surface area contributed by atoms with E-state index >= 15 is 0 Å². The van der Waals surface area contributed by atoms with Crippen molar-refractivity contribution in [2.75, 3.05) is 0 Å². The van der Waals surface area contributed by atoms with Crippen molar-refractivity contribution in [1.82, 2.24) is 0 Å². The van der Waals surface area contributed by atoms with E-state index in [-0.39, 0.29) is 6.10 Å². The highest BCUT2D eigenvalue weighted by Gasteiger charge is 2.20. The van der Waals surface area contributed by atoms with Crippen LogP contribution in [0.15, 0.2) is 0 Å². The van der Waals surface area contributed by atoms with E-state index in [4.69, 9.17) is 4.55 Å². The van der Waals surface area contributed by atoms with Crippen molar-refractivity contribution in [3.63, 3.8) is 0 Å². The second-order valence-corrected chi connectivity index (χ2v) is 6.32. The van der Waals surface area contributed by atoms with Gasteiger partial charge in [-0.15, -0.1) is 0 Å². The maximum Gasteiger partial charge on any atom is 0.267 e. The third kappa shape index (κ3) is 8.57. The smallest absolute Gasteiger partial charge is 0.267 e. The van der Waals surface area contributed by atoms with Gasteiger partial charge in [0.2, 0.25) is 0 Å². The molecule has 0 aromatic rings. The Morgan fingerprint density at radius 2 is 1.59 bits per heavy atom. The Kier molecular flexibility index (Phi) is 8.82. The van der Waals surface area contributed by atoms with Crippen molar-refractivity contribution in [3.8, 4) is 0 Å². The third-order valence-corrected chi connectivity index (χ3v) is 4.49. The van der Waals surface area contributed by atoms with Crippen molar-refractivity contribution >= 4 is 10.1 Å². The molecule has 0 spiro atoms. The van der Waals surface area contributed by atoms with Gasteiger partial charge in [-0.25, -0.2) is 0 Å². The second kappa shape index (κ2) is 8.89. The fourth-order valence-electron chi connectivity index (χ4n) is 1.92. The zero-order valence-electron chi connectivity index (χ0n) is 10.9. The van der Waals surface area contributed by atoms with Crippen LogP contribution in [0.25, 0.3) is 0 Å². The van der Waals surface area contributed by atoms with Crippen LogP contribution in [0.2, 0.25) is 0 Å². The SMILES string of the molecule is CCCCCC(O)CCCC(CC)S(=O)(=O)O. The van der Waals surface area contributed by atoms with Gasteiger partial charge in [-0.05, 0) is 32.1 Å². The molecule has 17 heavy (non-hydrogen) atoms. The van der Waals surface area contributed by atoms with Gasteiger partial charge in [-0.1, -0.05) is 33.1 Å². The summed E-state index contributed by atoms with van der Waals surface area (Å²) in [6.07, 6.45) is 5.85. The first kappa shape index (κ1) is 16.9. The van der Waals surface area contributed by atoms with E-state index in [2.05, 4.69) is 6.92 Å². The maximum absolute atomic E-state index is 10.9. The maximum atomic E-state index is 10.9. The van der Waals surface area contributed by atoms with Gasteiger partial charge in [-0.2, -0.15) is 8.42 Å². The molecule has 0 bridgehead atoms. The second-order valence-electron chi connectivity index (χ2n) is 4.63. The normalized spacial score (nSPS) is 15.8. The molecule has 5 heteroatoms. The van der Waals surface area contributed by atoms with Crippen LogP contribution < -0.4 is 0 Å². The zero-order chi connectivity index (χ0) is 13.3. The van der Waals surface area contributed by atoms with Crippen LogP contribution in [-0.4, -0.2) is 29.4 Å². The number of aliphatic hydroxyl groups is 1. The summed E-state index contributed by atoms with van der Waals surface area (Å²) in [5, 5.41) is 8.98. The van der Waals surface area contributed by atoms with Crippen molar-refractivity contribution in [2.24, 2.45) is 0 Å². The van der Waals surface area contributed by atoms with Crippen LogP contribution in [-0.2, 0) is 10.1 Å². The minimum absolute atomic E-state index is 0.333. The topological polar surface area (TPSA) is 74.6 Å². The molecule has 0 heterocycles. The molecule has 0 aromatic carbocycles. The summed E-state index contributed by atoms with van der Waals surface area (Å²) in [6, 6.07) is 0. The van der Waals surface area contributed by atoms with Gasteiger partial charge in [0, 0.05) is 0 Å². The number of hydrogen-bond acceptors (Lipinski definition) is 3. The first-order chi connectivity index (χ1) is 7.91. The summed E-state index contributed by atoms with van der Waals surface area (Å²) >= 11 is 0. The Hall–Kier alpha value is -0.130. The summed E-state index contributed by atoms with van der Waals surface area (Å²) in [7, 11) is -3.92. The van der Waals surface area contributed by atoms with E-state index < -0.39 is 15.4 Å². The predicted octanol–water partition coefficient (Wildman–Crippen LogP) is 2.76. The van der Waals surface area contributed by atoms with Crippen molar-refractivity contribution in [3.05, 3.63) is 0 Å². The Balaban J connectivity index is 3.74. The molecule has 0 saturated heterocycles. The number of hydrogen-bond donors (Lipinski definition) is 2. The molecule has 4 nitrogen and oxygen atoms in total. The standard InChI is InChI=1S/C12H26O4S/c1-3-5-6-8-11(13)9-7-10-12(4-2)17(14,15)16/h11-13H,3-10H2,1-2H3,(H,14,15,16). The number of aliphatic hydroxyl groups excluding tert-OH is 1. The van der Waals surface area contributed by atoms with Gasteiger partial charge in [0.1, 0.15) is 0 Å². The van der Waals surface area contributed by atoms with E-state index in [1.54, 1.807) is 6.92 Å². The Morgan fingerprint density at radius 1 is 1.00 bits per heavy atom. The Labute approximate surface area is 105 Å². The van der Waals surface area contributed by atoms with E-state index in [1.807, 2.05) is 0 Å². The van der Waals surface area contributed by atoms with Gasteiger partial charge in [0.05, 0.1) is 11.4 Å². The van der Waals surface area contributed by atoms with E-state index in [1.165, 1.54) is 0 Å². The van der Waals surface area contributed by atoms with E-state index in [0.29, 0.717) is 25.7 Å². The summed E-state index contributed by atoms with van der Waals surface area (Å²) < 4.78 is 30.8. The number of rotatable bonds is 10. The third-order valence-electron chi connectivity index (χ3n) is 3.08. The average Bonchev–Trinajstić information content (AvgIpc) is 2.23. The molecule has 0 saturated carbocycles. The van der Waals surface area contributed by atoms with Crippen molar-refractivity contribution < 1.29 is 18.1 Å². The molecule has 0 fully saturated rings. The molecule has 0 aliphatic rings. The van der Waals surface area contributed by atoms with Crippen molar-refractivity contribution in [2.45, 2.75) is 76.6 Å². The van der Waals surface area contributed by atoms with Gasteiger partial charge in [-0.3, -0.25) is 4.55 Å². The molecule has 0 aliphatic carbocycles. The molecule has 104 valence electrons. The molecular formula is C12H26O4S. The summed E-state index contributed by atoms with van der Waals surface area (Å²) in [6.45, 7) is 3.86. The highest BCUT2D eigenvalue weighted by molar-refractivity contribution is 7.86. The van der Waals surface area contributed by atoms with Crippen LogP contribution in [0.4, 0.5) is 0 Å². The quantitative estimate of drug-likeness (QED) is 0.471. The lowest BCUT2D eigenvalue weighted by Gasteiger charge is -2.13. The molecule has 2 unspecified atom stereocenters. The summed E-state index contributed by atoms with van der Waals surface area (Å²) in [4.78, 5) is 0. The highest BCUT2D eigenvalue weighted by Crippen LogP contribution is 2.15. The lowest BCUT2D eigenvalue weighted by Crippen LogP contribution is -2.20. The summed E-state index contributed by atoms with van der Waals surface area (Å²) in [5.41, 5.74) is 0. The van der Waals surface area contributed by atoms with Gasteiger partial charge in [0.15, 0.2) is 0 Å². The summed E-state index contributed by atoms with van der Waals surface area (Å²) in [5.74, 6) is 0. The predicted molar refractivity (Wildman–Crippen MR) is 69.6 cm³/mol. The fraction of sp³-hybridized carbons (Fsp3) is 1.00. The van der Waals surface area contributed by atoms with Gasteiger partial charge < -0.3 is 5.11 Å². The van der Waals surface area contributed by atoms with Crippen LogP contribution in [0.1, 0.15) is 65.2 Å². The molecule has 0 amide bonds. The monoisotopic (exact) mass is 266 g/mol. The average molecular weight is 266 g/mol. The fourth-order valence-corrected chi connectivity index (χ4v) is 2.80. The molecular weight excluding hydrogens is 240 g/mol. The Bertz CT molecular complexity index is 274. The van der Waals surface area contributed by atoms with Crippen molar-refractivity contribution in [1.29, 1.82) is 0 Å².